The lowest BCUT2D eigenvalue weighted by molar-refractivity contribution is -0.134. The molecule has 0 saturated carbocycles. The van der Waals surface area contributed by atoms with Crippen LogP contribution in [0.1, 0.15) is 23.1 Å². The zero-order chi connectivity index (χ0) is 20.1. The summed E-state index contributed by atoms with van der Waals surface area (Å²) in [7, 11) is 0. The Balaban J connectivity index is 1.19. The first-order chi connectivity index (χ1) is 14.2. The van der Waals surface area contributed by atoms with Crippen LogP contribution < -0.4 is 0 Å². The zero-order valence-electron chi connectivity index (χ0n) is 17.5. The van der Waals surface area contributed by atoms with Crippen LogP contribution in [-0.2, 0) is 17.8 Å². The average Bonchev–Trinajstić information content (AvgIpc) is 3.16. The lowest BCUT2D eigenvalue weighted by atomic mass is 10.00. The van der Waals surface area contributed by atoms with Gasteiger partial charge < -0.3 is 4.90 Å². The van der Waals surface area contributed by atoms with Gasteiger partial charge in [0, 0.05) is 51.7 Å². The van der Waals surface area contributed by atoms with E-state index in [1.54, 1.807) is 0 Å². The average molecular weight is 393 g/mol. The molecule has 0 N–H and O–H groups in total. The molecule has 1 aromatic heterocycles. The monoisotopic (exact) mass is 392 g/mol. The summed E-state index contributed by atoms with van der Waals surface area (Å²) in [6, 6.07) is 12.9. The second kappa shape index (κ2) is 9.51. The minimum absolute atomic E-state index is 0.296. The summed E-state index contributed by atoms with van der Waals surface area (Å²) in [5.41, 5.74) is 4.02. The van der Waals surface area contributed by atoms with Crippen LogP contribution in [-0.4, -0.2) is 71.4 Å². The number of aromatic nitrogens is 1. The summed E-state index contributed by atoms with van der Waals surface area (Å²) in [6.07, 6.45) is 6.00. The molecule has 2 aliphatic rings. The summed E-state index contributed by atoms with van der Waals surface area (Å²) in [4.78, 5) is 23.7. The Morgan fingerprint density at radius 3 is 2.55 bits per heavy atom. The molecule has 5 nitrogen and oxygen atoms in total. The number of benzene rings is 1. The molecule has 154 valence electrons. The van der Waals surface area contributed by atoms with Gasteiger partial charge in [-0.15, -0.1) is 0 Å². The van der Waals surface area contributed by atoms with Crippen molar-refractivity contribution >= 4 is 5.91 Å². The van der Waals surface area contributed by atoms with Gasteiger partial charge in [-0.05, 0) is 55.5 Å². The summed E-state index contributed by atoms with van der Waals surface area (Å²) in [5.74, 6) is 0.946. The van der Waals surface area contributed by atoms with Gasteiger partial charge in [-0.25, -0.2) is 0 Å². The Morgan fingerprint density at radius 2 is 1.79 bits per heavy atom. The van der Waals surface area contributed by atoms with Crippen molar-refractivity contribution in [3.05, 3.63) is 65.5 Å². The van der Waals surface area contributed by atoms with Crippen LogP contribution >= 0.6 is 0 Å². The number of hydrogen-bond donors (Lipinski definition) is 0. The number of pyridine rings is 1. The molecule has 0 radical (unpaired) electrons. The fourth-order valence-corrected chi connectivity index (χ4v) is 4.59. The number of likely N-dealkylation sites (tertiary alicyclic amines) is 1. The van der Waals surface area contributed by atoms with E-state index in [0.29, 0.717) is 18.4 Å². The summed E-state index contributed by atoms with van der Waals surface area (Å²) in [6.45, 7) is 9.38. The van der Waals surface area contributed by atoms with E-state index in [9.17, 15) is 4.79 Å². The minimum Gasteiger partial charge on any atom is -0.339 e. The van der Waals surface area contributed by atoms with Gasteiger partial charge in [0.05, 0.1) is 6.54 Å². The van der Waals surface area contributed by atoms with Gasteiger partial charge in [0.25, 0.3) is 0 Å². The molecule has 4 rings (SSSR count). The smallest absolute Gasteiger partial charge is 0.236 e. The normalized spacial score (nSPS) is 20.9. The highest BCUT2D eigenvalue weighted by Crippen LogP contribution is 2.21. The third-order valence-corrected chi connectivity index (χ3v) is 6.22. The molecule has 1 aromatic carbocycles. The number of carbonyl (C=O) groups excluding carboxylic acids is 1. The molecule has 2 saturated heterocycles. The van der Waals surface area contributed by atoms with Crippen LogP contribution in [0, 0.1) is 12.8 Å². The maximum Gasteiger partial charge on any atom is 0.236 e. The van der Waals surface area contributed by atoms with Crippen molar-refractivity contribution in [1.29, 1.82) is 0 Å². The molecule has 0 spiro atoms. The second-order valence-electron chi connectivity index (χ2n) is 8.60. The Bertz CT molecular complexity index is 802. The van der Waals surface area contributed by atoms with Crippen molar-refractivity contribution in [2.45, 2.75) is 26.3 Å². The van der Waals surface area contributed by atoms with Crippen LogP contribution in [0.15, 0.2) is 48.8 Å². The third-order valence-electron chi connectivity index (χ3n) is 6.22. The molecule has 0 bridgehead atoms. The van der Waals surface area contributed by atoms with Crippen molar-refractivity contribution in [3.63, 3.8) is 0 Å². The number of aryl methyl sites for hydroxylation is 1. The van der Waals surface area contributed by atoms with Crippen LogP contribution in [0.3, 0.4) is 0 Å². The fraction of sp³-hybridized carbons (Fsp3) is 0.500. The predicted molar refractivity (Wildman–Crippen MR) is 116 cm³/mol. The quantitative estimate of drug-likeness (QED) is 0.758. The van der Waals surface area contributed by atoms with Gasteiger partial charge in [0.2, 0.25) is 5.91 Å². The molecule has 29 heavy (non-hydrogen) atoms. The first-order valence-electron chi connectivity index (χ1n) is 10.8. The van der Waals surface area contributed by atoms with Gasteiger partial charge in [0.15, 0.2) is 0 Å². The van der Waals surface area contributed by atoms with E-state index in [4.69, 9.17) is 0 Å². The first kappa shape index (κ1) is 20.0. The van der Waals surface area contributed by atoms with Crippen molar-refractivity contribution < 1.29 is 4.79 Å². The summed E-state index contributed by atoms with van der Waals surface area (Å²) < 4.78 is 0. The van der Waals surface area contributed by atoms with Gasteiger partial charge in [0.1, 0.15) is 0 Å². The molecule has 3 heterocycles. The van der Waals surface area contributed by atoms with Crippen molar-refractivity contribution in [2.75, 3.05) is 45.8 Å². The van der Waals surface area contributed by atoms with Crippen molar-refractivity contribution in [1.82, 2.24) is 19.7 Å². The van der Waals surface area contributed by atoms with Crippen molar-refractivity contribution in [2.24, 2.45) is 5.92 Å². The lowest BCUT2D eigenvalue weighted by Gasteiger charge is -2.35. The summed E-state index contributed by atoms with van der Waals surface area (Å²) >= 11 is 0. The van der Waals surface area contributed by atoms with Gasteiger partial charge >= 0.3 is 0 Å². The van der Waals surface area contributed by atoms with Crippen LogP contribution in [0.4, 0.5) is 0 Å². The molecule has 5 heteroatoms. The summed E-state index contributed by atoms with van der Waals surface area (Å²) in [5, 5.41) is 0. The van der Waals surface area contributed by atoms with E-state index >= 15 is 0 Å². The highest BCUT2D eigenvalue weighted by Gasteiger charge is 2.27. The third kappa shape index (κ3) is 5.64. The number of carbonyl (C=O) groups is 1. The zero-order valence-corrected chi connectivity index (χ0v) is 17.5. The molecule has 1 unspecified atom stereocenters. The predicted octanol–water partition coefficient (Wildman–Crippen LogP) is 2.60. The van der Waals surface area contributed by atoms with Crippen LogP contribution in [0.25, 0.3) is 0 Å². The highest BCUT2D eigenvalue weighted by molar-refractivity contribution is 5.78. The molecular weight excluding hydrogens is 360 g/mol. The Kier molecular flexibility index (Phi) is 6.57. The first-order valence-corrected chi connectivity index (χ1v) is 10.8. The number of rotatable bonds is 6. The lowest BCUT2D eigenvalue weighted by Crippen LogP contribution is -2.50. The number of amides is 1. The Morgan fingerprint density at radius 1 is 1.00 bits per heavy atom. The number of piperazine rings is 1. The SMILES string of the molecule is Cc1cccc(CN2CCN(C(=O)CN3CCC(Cc4ccncc4)C3)CC2)c1. The van der Waals surface area contributed by atoms with E-state index in [2.05, 4.69) is 63.0 Å². The molecule has 2 aromatic rings. The van der Waals surface area contributed by atoms with E-state index in [1.165, 1.54) is 23.1 Å². The van der Waals surface area contributed by atoms with E-state index in [1.807, 2.05) is 12.4 Å². The molecule has 2 fully saturated rings. The second-order valence-corrected chi connectivity index (χ2v) is 8.60. The molecule has 1 atom stereocenters. The Hall–Kier alpha value is -2.24. The fourth-order valence-electron chi connectivity index (χ4n) is 4.59. The van der Waals surface area contributed by atoms with Crippen LogP contribution in [0.5, 0.6) is 0 Å². The van der Waals surface area contributed by atoms with Crippen LogP contribution in [0.2, 0.25) is 0 Å². The maximum absolute atomic E-state index is 12.8. The maximum atomic E-state index is 12.8. The molecule has 0 aliphatic carbocycles. The topological polar surface area (TPSA) is 39.7 Å². The van der Waals surface area contributed by atoms with Gasteiger partial charge in [-0.1, -0.05) is 29.8 Å². The molecule has 1 amide bonds. The van der Waals surface area contributed by atoms with E-state index in [0.717, 1.165) is 52.2 Å². The minimum atomic E-state index is 0.296. The highest BCUT2D eigenvalue weighted by atomic mass is 16.2. The van der Waals surface area contributed by atoms with E-state index < -0.39 is 0 Å². The van der Waals surface area contributed by atoms with Gasteiger partial charge in [-0.2, -0.15) is 0 Å². The molecule has 2 aliphatic heterocycles. The van der Waals surface area contributed by atoms with Crippen molar-refractivity contribution in [3.8, 4) is 0 Å². The largest absolute Gasteiger partial charge is 0.339 e. The Labute approximate surface area is 174 Å². The molecular formula is C24H32N4O. The van der Waals surface area contributed by atoms with E-state index in [-0.39, 0.29) is 0 Å². The number of nitrogens with zero attached hydrogens (tertiary/aromatic N) is 4. The van der Waals surface area contributed by atoms with Gasteiger partial charge in [-0.3, -0.25) is 19.6 Å². The number of hydrogen-bond acceptors (Lipinski definition) is 4. The standard InChI is InChI=1S/C24H32N4O/c1-20-3-2-4-22(15-20)17-26-11-13-28(14-12-26)24(29)19-27-10-7-23(18-27)16-21-5-8-25-9-6-21/h2-6,8-9,15,23H,7,10-14,16-19H2,1H3.